The fourth-order valence-corrected chi connectivity index (χ4v) is 4.42. The smallest absolute Gasteiger partial charge is 0.319 e. The number of ether oxygens (including phenoxy) is 2. The summed E-state index contributed by atoms with van der Waals surface area (Å²) in [5.74, 6) is 1.22. The van der Waals surface area contributed by atoms with E-state index in [4.69, 9.17) is 9.47 Å². The number of thioether (sulfide) groups is 1. The number of H-pyrrole nitrogens is 1. The third-order valence-electron chi connectivity index (χ3n) is 4.95. The van der Waals surface area contributed by atoms with Gasteiger partial charge in [-0.25, -0.2) is 0 Å². The Bertz CT molecular complexity index is 1180. The van der Waals surface area contributed by atoms with Gasteiger partial charge in [-0.2, -0.15) is 0 Å². The van der Waals surface area contributed by atoms with E-state index >= 15 is 0 Å². The van der Waals surface area contributed by atoms with Crippen molar-refractivity contribution < 1.29 is 14.3 Å². The van der Waals surface area contributed by atoms with E-state index in [2.05, 4.69) is 21.2 Å². The van der Waals surface area contributed by atoms with E-state index in [0.29, 0.717) is 24.0 Å². The summed E-state index contributed by atoms with van der Waals surface area (Å²) in [5.41, 5.74) is 2.85. The highest BCUT2D eigenvalue weighted by Crippen LogP contribution is 2.34. The fraction of sp³-hybridized carbons (Fsp3) is 0.261. The molecule has 0 bridgehead atoms. The SMILES string of the molecule is CCOc1ccc(-n2c(S[C@@H](CC)C(=O)OC)nnc2-c2c[nH]c3ccccc23)cc1. The van der Waals surface area contributed by atoms with Crippen molar-refractivity contribution in [2.45, 2.75) is 30.7 Å². The van der Waals surface area contributed by atoms with Gasteiger partial charge < -0.3 is 14.5 Å². The Kier molecular flexibility index (Phi) is 6.27. The quantitative estimate of drug-likeness (QED) is 0.314. The minimum absolute atomic E-state index is 0.276. The van der Waals surface area contributed by atoms with Crippen molar-refractivity contribution in [1.29, 1.82) is 0 Å². The number of benzene rings is 2. The van der Waals surface area contributed by atoms with Crippen LogP contribution in [0.2, 0.25) is 0 Å². The Morgan fingerprint density at radius 2 is 1.90 bits per heavy atom. The molecular weight excluding hydrogens is 412 g/mol. The second-order valence-electron chi connectivity index (χ2n) is 6.85. The fourth-order valence-electron chi connectivity index (χ4n) is 3.42. The Labute approximate surface area is 184 Å². The molecule has 0 saturated heterocycles. The van der Waals surface area contributed by atoms with E-state index in [1.165, 1.54) is 18.9 Å². The zero-order valence-corrected chi connectivity index (χ0v) is 18.5. The summed E-state index contributed by atoms with van der Waals surface area (Å²) in [6.45, 7) is 4.51. The van der Waals surface area contributed by atoms with Gasteiger partial charge in [0.25, 0.3) is 0 Å². The summed E-state index contributed by atoms with van der Waals surface area (Å²) in [7, 11) is 1.40. The number of aromatic nitrogens is 4. The number of rotatable bonds is 8. The van der Waals surface area contributed by atoms with Gasteiger partial charge in [0.15, 0.2) is 11.0 Å². The number of para-hydroxylation sites is 1. The van der Waals surface area contributed by atoms with Gasteiger partial charge in [0, 0.05) is 28.4 Å². The van der Waals surface area contributed by atoms with Crippen LogP contribution in [-0.4, -0.2) is 44.7 Å². The van der Waals surface area contributed by atoms with Crippen LogP contribution >= 0.6 is 11.8 Å². The minimum atomic E-state index is -0.369. The number of hydrogen-bond donors (Lipinski definition) is 1. The maximum Gasteiger partial charge on any atom is 0.319 e. The molecule has 2 aromatic carbocycles. The standard InChI is InChI=1S/C23H24N4O3S/c1-4-20(22(28)29-3)31-23-26-25-21(18-14-24-19-9-7-6-8-17(18)19)27(23)15-10-12-16(13-11-15)30-5-2/h6-14,20,24H,4-5H2,1-3H3/t20-/m0/s1. The molecule has 4 rings (SSSR count). The molecule has 0 saturated carbocycles. The normalized spacial score (nSPS) is 12.1. The summed E-state index contributed by atoms with van der Waals surface area (Å²) in [6.07, 6.45) is 2.56. The first-order valence-corrected chi connectivity index (χ1v) is 11.0. The van der Waals surface area contributed by atoms with Crippen LogP contribution in [-0.2, 0) is 9.53 Å². The molecule has 0 aliphatic rings. The Hall–Kier alpha value is -3.26. The molecule has 4 aromatic rings. The number of carbonyl (C=O) groups is 1. The van der Waals surface area contributed by atoms with E-state index in [0.717, 1.165) is 27.9 Å². The van der Waals surface area contributed by atoms with E-state index in [9.17, 15) is 4.79 Å². The lowest BCUT2D eigenvalue weighted by Crippen LogP contribution is -2.18. The van der Waals surface area contributed by atoms with E-state index in [1.807, 2.05) is 67.1 Å². The van der Waals surface area contributed by atoms with E-state index < -0.39 is 0 Å². The zero-order valence-electron chi connectivity index (χ0n) is 17.7. The summed E-state index contributed by atoms with van der Waals surface area (Å²) >= 11 is 1.35. The lowest BCUT2D eigenvalue weighted by atomic mass is 10.1. The van der Waals surface area contributed by atoms with Crippen LogP contribution in [0.3, 0.4) is 0 Å². The summed E-state index contributed by atoms with van der Waals surface area (Å²) < 4.78 is 12.5. The van der Waals surface area contributed by atoms with Crippen molar-refractivity contribution in [2.75, 3.05) is 13.7 Å². The van der Waals surface area contributed by atoms with Gasteiger partial charge in [0.05, 0.1) is 13.7 Å². The highest BCUT2D eigenvalue weighted by Gasteiger charge is 2.25. The topological polar surface area (TPSA) is 82.0 Å². The lowest BCUT2D eigenvalue weighted by Gasteiger charge is -2.14. The molecule has 0 fully saturated rings. The molecule has 160 valence electrons. The van der Waals surface area contributed by atoms with E-state index in [-0.39, 0.29) is 11.2 Å². The number of nitrogens with zero attached hydrogens (tertiary/aromatic N) is 3. The van der Waals surface area contributed by atoms with Gasteiger partial charge in [0.2, 0.25) is 0 Å². The largest absolute Gasteiger partial charge is 0.494 e. The molecule has 0 aliphatic heterocycles. The minimum Gasteiger partial charge on any atom is -0.494 e. The molecule has 31 heavy (non-hydrogen) atoms. The molecule has 8 heteroatoms. The molecule has 2 aromatic heterocycles. The molecule has 0 radical (unpaired) electrons. The Morgan fingerprint density at radius 3 is 2.61 bits per heavy atom. The average molecular weight is 437 g/mol. The van der Waals surface area contributed by atoms with Crippen LogP contribution in [0.5, 0.6) is 5.75 Å². The van der Waals surface area contributed by atoms with Crippen molar-refractivity contribution in [2.24, 2.45) is 0 Å². The summed E-state index contributed by atoms with van der Waals surface area (Å²) in [4.78, 5) is 15.5. The highest BCUT2D eigenvalue weighted by molar-refractivity contribution is 8.00. The third kappa shape index (κ3) is 4.16. The van der Waals surface area contributed by atoms with Crippen molar-refractivity contribution in [3.05, 3.63) is 54.7 Å². The molecule has 7 nitrogen and oxygen atoms in total. The van der Waals surface area contributed by atoms with Crippen molar-refractivity contribution in [1.82, 2.24) is 19.7 Å². The van der Waals surface area contributed by atoms with Gasteiger partial charge in [-0.15, -0.1) is 10.2 Å². The summed E-state index contributed by atoms with van der Waals surface area (Å²) in [6, 6.07) is 15.8. The first-order valence-electron chi connectivity index (χ1n) is 10.2. The summed E-state index contributed by atoms with van der Waals surface area (Å²) in [5, 5.41) is 10.3. The average Bonchev–Trinajstić information content (AvgIpc) is 3.41. The lowest BCUT2D eigenvalue weighted by molar-refractivity contribution is -0.140. The van der Waals surface area contributed by atoms with Gasteiger partial charge in [-0.3, -0.25) is 9.36 Å². The van der Waals surface area contributed by atoms with E-state index in [1.54, 1.807) is 0 Å². The second-order valence-corrected chi connectivity index (χ2v) is 8.02. The number of aromatic amines is 1. The monoisotopic (exact) mass is 436 g/mol. The molecule has 0 unspecified atom stereocenters. The number of hydrogen-bond acceptors (Lipinski definition) is 6. The van der Waals surface area contributed by atoms with Gasteiger partial charge >= 0.3 is 5.97 Å². The Morgan fingerprint density at radius 1 is 1.13 bits per heavy atom. The molecule has 2 heterocycles. The van der Waals surface area contributed by atoms with Crippen LogP contribution < -0.4 is 4.74 Å². The van der Waals surface area contributed by atoms with Crippen LogP contribution in [0.1, 0.15) is 20.3 Å². The number of methoxy groups -OCH3 is 1. The maximum atomic E-state index is 12.2. The number of nitrogens with one attached hydrogen (secondary N) is 1. The van der Waals surface area contributed by atoms with Crippen LogP contribution in [0.25, 0.3) is 28.0 Å². The first kappa shape index (κ1) is 21.0. The number of carbonyl (C=O) groups excluding carboxylic acids is 1. The number of fused-ring (bicyclic) bond motifs is 1. The predicted octanol–water partition coefficient (Wildman–Crippen LogP) is 4.86. The molecule has 1 N–H and O–H groups in total. The third-order valence-corrected chi connectivity index (χ3v) is 6.24. The van der Waals surface area contributed by atoms with Crippen LogP contribution in [0.4, 0.5) is 0 Å². The number of esters is 1. The maximum absolute atomic E-state index is 12.2. The molecular formula is C23H24N4O3S. The van der Waals surface area contributed by atoms with Crippen LogP contribution in [0.15, 0.2) is 59.9 Å². The highest BCUT2D eigenvalue weighted by atomic mass is 32.2. The predicted molar refractivity (Wildman–Crippen MR) is 122 cm³/mol. The molecule has 0 aliphatic carbocycles. The molecule has 1 atom stereocenters. The molecule has 0 spiro atoms. The van der Waals surface area contributed by atoms with Crippen molar-refractivity contribution >= 4 is 28.6 Å². The Balaban J connectivity index is 1.83. The molecule has 0 amide bonds. The second kappa shape index (κ2) is 9.26. The van der Waals surface area contributed by atoms with Crippen LogP contribution in [0, 0.1) is 0 Å². The first-order chi connectivity index (χ1) is 15.2. The van der Waals surface area contributed by atoms with Crippen molar-refractivity contribution in [3.8, 4) is 22.8 Å². The van der Waals surface area contributed by atoms with Gasteiger partial charge in [-0.05, 0) is 43.7 Å². The van der Waals surface area contributed by atoms with Gasteiger partial charge in [-0.1, -0.05) is 36.9 Å². The van der Waals surface area contributed by atoms with Gasteiger partial charge in [0.1, 0.15) is 11.0 Å². The zero-order chi connectivity index (χ0) is 21.8. The van der Waals surface area contributed by atoms with Crippen molar-refractivity contribution in [3.63, 3.8) is 0 Å².